The first-order valence-corrected chi connectivity index (χ1v) is 5.87. The Balaban J connectivity index is 2.59. The molecule has 0 saturated carbocycles. The van der Waals surface area contributed by atoms with Gasteiger partial charge in [-0.05, 0) is 12.3 Å². The number of rotatable bonds is 6. The van der Waals surface area contributed by atoms with Gasteiger partial charge in [0.05, 0.1) is 6.10 Å². The summed E-state index contributed by atoms with van der Waals surface area (Å²) < 4.78 is 2.07. The molecule has 0 aromatic carbocycles. The van der Waals surface area contributed by atoms with E-state index in [-0.39, 0.29) is 6.10 Å². The van der Waals surface area contributed by atoms with Gasteiger partial charge in [0, 0.05) is 25.4 Å². The normalized spacial score (nSPS) is 15.2. The second-order valence-corrected chi connectivity index (χ2v) is 4.20. The van der Waals surface area contributed by atoms with Crippen molar-refractivity contribution in [1.29, 1.82) is 0 Å². The first-order valence-electron chi connectivity index (χ1n) is 5.87. The maximum Gasteiger partial charge on any atom is 0.108 e. The molecule has 1 heterocycles. The van der Waals surface area contributed by atoms with E-state index in [1.54, 1.807) is 0 Å². The van der Waals surface area contributed by atoms with E-state index in [0.29, 0.717) is 12.5 Å². The summed E-state index contributed by atoms with van der Waals surface area (Å²) in [5.41, 5.74) is 0. The number of aromatic nitrogens is 2. The Hall–Kier alpha value is -0.830. The van der Waals surface area contributed by atoms with Gasteiger partial charge < -0.3 is 9.67 Å². The number of aliphatic hydroxyl groups excluding tert-OH is 1. The molecule has 0 aliphatic carbocycles. The van der Waals surface area contributed by atoms with Crippen LogP contribution in [0.15, 0.2) is 12.4 Å². The van der Waals surface area contributed by atoms with Crippen molar-refractivity contribution in [3.63, 3.8) is 0 Å². The van der Waals surface area contributed by atoms with Gasteiger partial charge in [0.25, 0.3) is 0 Å². The summed E-state index contributed by atoms with van der Waals surface area (Å²) in [6, 6.07) is 0. The Bertz CT molecular complexity index is 283. The minimum atomic E-state index is -0.264. The molecule has 0 aliphatic rings. The summed E-state index contributed by atoms with van der Waals surface area (Å²) in [6.07, 6.45) is 6.60. The zero-order chi connectivity index (χ0) is 11.3. The highest BCUT2D eigenvalue weighted by Gasteiger charge is 2.14. The lowest BCUT2D eigenvalue weighted by Gasteiger charge is -2.18. The molecule has 2 unspecified atom stereocenters. The van der Waals surface area contributed by atoms with E-state index in [2.05, 4.69) is 30.3 Å². The average Bonchev–Trinajstić information content (AvgIpc) is 2.65. The lowest BCUT2D eigenvalue weighted by molar-refractivity contribution is 0.0957. The van der Waals surface area contributed by atoms with Crippen molar-refractivity contribution in [2.45, 2.75) is 52.7 Å². The SMILES string of the molecule is CCCc1nccn1CC(O)C(C)CC. The van der Waals surface area contributed by atoms with Crippen LogP contribution in [0.4, 0.5) is 0 Å². The van der Waals surface area contributed by atoms with E-state index in [9.17, 15) is 5.11 Å². The number of hydrogen-bond donors (Lipinski definition) is 1. The highest BCUT2D eigenvalue weighted by Crippen LogP contribution is 2.11. The van der Waals surface area contributed by atoms with Crippen LogP contribution in [-0.4, -0.2) is 20.8 Å². The summed E-state index contributed by atoms with van der Waals surface area (Å²) in [7, 11) is 0. The van der Waals surface area contributed by atoms with Gasteiger partial charge in [0.2, 0.25) is 0 Å². The summed E-state index contributed by atoms with van der Waals surface area (Å²) >= 11 is 0. The zero-order valence-electron chi connectivity index (χ0n) is 9.98. The summed E-state index contributed by atoms with van der Waals surface area (Å²) in [4.78, 5) is 4.30. The van der Waals surface area contributed by atoms with E-state index >= 15 is 0 Å². The van der Waals surface area contributed by atoms with Crippen LogP contribution in [0.3, 0.4) is 0 Å². The van der Waals surface area contributed by atoms with Gasteiger partial charge >= 0.3 is 0 Å². The largest absolute Gasteiger partial charge is 0.391 e. The molecule has 0 saturated heterocycles. The molecule has 1 aromatic rings. The summed E-state index contributed by atoms with van der Waals surface area (Å²) in [6.45, 7) is 7.00. The molecule has 1 N–H and O–H groups in total. The molecule has 3 heteroatoms. The Morgan fingerprint density at radius 3 is 2.80 bits per heavy atom. The van der Waals surface area contributed by atoms with E-state index < -0.39 is 0 Å². The highest BCUT2D eigenvalue weighted by molar-refractivity contribution is 4.93. The molecule has 0 amide bonds. The molecule has 0 radical (unpaired) electrons. The minimum absolute atomic E-state index is 0.264. The van der Waals surface area contributed by atoms with E-state index in [1.165, 1.54) is 0 Å². The number of aryl methyl sites for hydroxylation is 1. The molecular weight excluding hydrogens is 188 g/mol. The fourth-order valence-corrected chi connectivity index (χ4v) is 1.61. The maximum atomic E-state index is 9.93. The Morgan fingerprint density at radius 1 is 1.47 bits per heavy atom. The molecule has 15 heavy (non-hydrogen) atoms. The molecule has 0 fully saturated rings. The van der Waals surface area contributed by atoms with Gasteiger partial charge in [-0.25, -0.2) is 4.98 Å². The standard InChI is InChI=1S/C12H22N2O/c1-4-6-12-13-7-8-14(12)9-11(15)10(3)5-2/h7-8,10-11,15H,4-6,9H2,1-3H3. The second kappa shape index (κ2) is 5.91. The van der Waals surface area contributed by atoms with Crippen LogP contribution in [0.2, 0.25) is 0 Å². The van der Waals surface area contributed by atoms with Gasteiger partial charge in [-0.3, -0.25) is 0 Å². The van der Waals surface area contributed by atoms with E-state index in [0.717, 1.165) is 25.1 Å². The van der Waals surface area contributed by atoms with Crippen molar-refractivity contribution >= 4 is 0 Å². The monoisotopic (exact) mass is 210 g/mol. The Labute approximate surface area is 92.1 Å². The van der Waals surface area contributed by atoms with Crippen LogP contribution in [0.1, 0.15) is 39.4 Å². The predicted molar refractivity (Wildman–Crippen MR) is 61.7 cm³/mol. The lowest BCUT2D eigenvalue weighted by Crippen LogP contribution is -2.24. The van der Waals surface area contributed by atoms with Gasteiger partial charge in [-0.2, -0.15) is 0 Å². The molecule has 2 atom stereocenters. The number of nitrogens with zero attached hydrogens (tertiary/aromatic N) is 2. The third kappa shape index (κ3) is 3.34. The van der Waals surface area contributed by atoms with Gasteiger partial charge in [-0.1, -0.05) is 27.2 Å². The maximum absolute atomic E-state index is 9.93. The van der Waals surface area contributed by atoms with Crippen molar-refractivity contribution in [2.75, 3.05) is 0 Å². The van der Waals surface area contributed by atoms with Crippen molar-refractivity contribution in [2.24, 2.45) is 5.92 Å². The van der Waals surface area contributed by atoms with Crippen LogP contribution in [0, 0.1) is 5.92 Å². The van der Waals surface area contributed by atoms with Crippen LogP contribution in [0.5, 0.6) is 0 Å². The smallest absolute Gasteiger partial charge is 0.108 e. The van der Waals surface area contributed by atoms with Crippen molar-refractivity contribution in [3.8, 4) is 0 Å². The quantitative estimate of drug-likeness (QED) is 0.782. The van der Waals surface area contributed by atoms with Crippen LogP contribution < -0.4 is 0 Å². The molecule has 0 bridgehead atoms. The average molecular weight is 210 g/mol. The van der Waals surface area contributed by atoms with Crippen molar-refractivity contribution in [3.05, 3.63) is 18.2 Å². The first-order chi connectivity index (χ1) is 7.19. The lowest BCUT2D eigenvalue weighted by atomic mass is 10.0. The topological polar surface area (TPSA) is 38.0 Å². The molecule has 3 nitrogen and oxygen atoms in total. The van der Waals surface area contributed by atoms with E-state index in [1.807, 2.05) is 12.4 Å². The minimum Gasteiger partial charge on any atom is -0.391 e. The fourth-order valence-electron chi connectivity index (χ4n) is 1.61. The molecule has 0 spiro atoms. The first kappa shape index (κ1) is 12.2. The second-order valence-electron chi connectivity index (χ2n) is 4.20. The number of aliphatic hydroxyl groups is 1. The molecule has 1 aromatic heterocycles. The van der Waals surface area contributed by atoms with Crippen LogP contribution >= 0.6 is 0 Å². The van der Waals surface area contributed by atoms with Gasteiger partial charge in [0.1, 0.15) is 5.82 Å². The summed E-state index contributed by atoms with van der Waals surface area (Å²) in [5, 5.41) is 9.93. The van der Waals surface area contributed by atoms with Crippen molar-refractivity contribution < 1.29 is 5.11 Å². The predicted octanol–water partition coefficient (Wildman–Crippen LogP) is 2.24. The van der Waals surface area contributed by atoms with E-state index in [4.69, 9.17) is 0 Å². The number of imidazole rings is 1. The van der Waals surface area contributed by atoms with Gasteiger partial charge in [-0.15, -0.1) is 0 Å². The molecular formula is C12H22N2O. The number of hydrogen-bond acceptors (Lipinski definition) is 2. The zero-order valence-corrected chi connectivity index (χ0v) is 9.98. The molecule has 86 valence electrons. The fraction of sp³-hybridized carbons (Fsp3) is 0.750. The molecule has 0 aliphatic heterocycles. The summed E-state index contributed by atoms with van der Waals surface area (Å²) in [5.74, 6) is 1.43. The highest BCUT2D eigenvalue weighted by atomic mass is 16.3. The van der Waals surface area contributed by atoms with Gasteiger partial charge in [0.15, 0.2) is 0 Å². The van der Waals surface area contributed by atoms with Crippen LogP contribution in [0.25, 0.3) is 0 Å². The third-order valence-corrected chi connectivity index (χ3v) is 2.96. The van der Waals surface area contributed by atoms with Crippen molar-refractivity contribution in [1.82, 2.24) is 9.55 Å². The molecule has 1 rings (SSSR count). The Morgan fingerprint density at radius 2 is 2.20 bits per heavy atom. The third-order valence-electron chi connectivity index (χ3n) is 2.96. The van der Waals surface area contributed by atoms with Crippen LogP contribution in [-0.2, 0) is 13.0 Å². The Kier molecular flexibility index (Phi) is 4.82.